The van der Waals surface area contributed by atoms with Crippen molar-refractivity contribution in [2.75, 3.05) is 27.4 Å². The maximum absolute atomic E-state index is 13.1. The first-order chi connectivity index (χ1) is 17.6. The molecule has 0 radical (unpaired) electrons. The molecule has 2 aliphatic carbocycles. The van der Waals surface area contributed by atoms with E-state index < -0.39 is 12.0 Å². The highest BCUT2D eigenvalue weighted by Gasteiger charge is 2.34. The van der Waals surface area contributed by atoms with Crippen molar-refractivity contribution in [1.82, 2.24) is 0 Å². The molecule has 212 valence electrons. The van der Waals surface area contributed by atoms with Gasteiger partial charge in [-0.3, -0.25) is 10.1 Å². The molecule has 2 saturated carbocycles. The molecule has 2 rings (SSSR count). The molecular weight excluding hydrogens is 460 g/mol. The van der Waals surface area contributed by atoms with Crippen molar-refractivity contribution in [2.45, 2.75) is 140 Å². The zero-order chi connectivity index (χ0) is 26.0. The van der Waals surface area contributed by atoms with Gasteiger partial charge in [0.05, 0.1) is 30.8 Å². The summed E-state index contributed by atoms with van der Waals surface area (Å²) in [7, 11) is 3.54. The summed E-state index contributed by atoms with van der Waals surface area (Å²) in [6.45, 7) is 2.88. The van der Waals surface area contributed by atoms with Crippen molar-refractivity contribution >= 4 is 5.97 Å². The molecule has 1 N–H and O–H groups in total. The summed E-state index contributed by atoms with van der Waals surface area (Å²) in [4.78, 5) is 18.1. The maximum Gasteiger partial charge on any atom is 0.311 e. The summed E-state index contributed by atoms with van der Waals surface area (Å²) in [5, 5.41) is 9.79. The van der Waals surface area contributed by atoms with E-state index in [1.807, 2.05) is 0 Å². The van der Waals surface area contributed by atoms with Gasteiger partial charge >= 0.3 is 5.97 Å². The largest absolute Gasteiger partial charge is 0.463 e. The number of hydrogen-bond donors (Lipinski definition) is 1. The quantitative estimate of drug-likeness (QED) is 0.0887. The van der Waals surface area contributed by atoms with Crippen LogP contribution in [0.5, 0.6) is 0 Å². The fourth-order valence-electron chi connectivity index (χ4n) is 5.89. The van der Waals surface area contributed by atoms with Gasteiger partial charge in [-0.15, -0.1) is 0 Å². The first-order valence-electron chi connectivity index (χ1n) is 14.7. The van der Waals surface area contributed by atoms with E-state index in [1.54, 1.807) is 14.2 Å². The number of esters is 1. The van der Waals surface area contributed by atoms with Crippen molar-refractivity contribution in [2.24, 2.45) is 11.8 Å². The van der Waals surface area contributed by atoms with Gasteiger partial charge in [-0.1, -0.05) is 51.9 Å². The SMILES string of the molecule is CCCCCCCCCC(C(=O)OCCOC1CCC(OC)CC1)C(CC1CCC(OC)CC1)OO. The normalized spacial score (nSPS) is 26.4. The van der Waals surface area contributed by atoms with Gasteiger partial charge in [0.15, 0.2) is 0 Å². The Morgan fingerprint density at radius 1 is 0.778 bits per heavy atom. The summed E-state index contributed by atoms with van der Waals surface area (Å²) < 4.78 is 22.5. The molecule has 0 aromatic rings. The smallest absolute Gasteiger partial charge is 0.311 e. The Hall–Kier alpha value is -0.730. The summed E-state index contributed by atoms with van der Waals surface area (Å²) >= 11 is 0. The van der Waals surface area contributed by atoms with Gasteiger partial charge < -0.3 is 18.9 Å². The molecule has 0 heterocycles. The van der Waals surface area contributed by atoms with Crippen LogP contribution >= 0.6 is 0 Å². The number of carbonyl (C=O) groups is 1. The second kappa shape index (κ2) is 19.4. The van der Waals surface area contributed by atoms with E-state index in [4.69, 9.17) is 23.8 Å². The minimum Gasteiger partial charge on any atom is -0.463 e. The molecule has 0 spiro atoms. The minimum absolute atomic E-state index is 0.217. The highest BCUT2D eigenvalue weighted by atomic mass is 17.1. The number of carbonyl (C=O) groups excluding carboxylic acids is 1. The van der Waals surface area contributed by atoms with E-state index in [0.717, 1.165) is 64.2 Å². The lowest BCUT2D eigenvalue weighted by molar-refractivity contribution is -0.294. The number of methoxy groups -OCH3 is 2. The summed E-state index contributed by atoms with van der Waals surface area (Å²) in [6.07, 6.45) is 18.1. The highest BCUT2D eigenvalue weighted by molar-refractivity contribution is 5.73. The van der Waals surface area contributed by atoms with Crippen LogP contribution in [-0.2, 0) is 28.6 Å². The van der Waals surface area contributed by atoms with Crippen LogP contribution < -0.4 is 0 Å². The van der Waals surface area contributed by atoms with E-state index in [-0.39, 0.29) is 18.7 Å². The topological polar surface area (TPSA) is 83.5 Å². The molecule has 0 aromatic carbocycles. The molecule has 7 heteroatoms. The highest BCUT2D eigenvalue weighted by Crippen LogP contribution is 2.33. The van der Waals surface area contributed by atoms with Crippen molar-refractivity contribution < 1.29 is 33.9 Å². The van der Waals surface area contributed by atoms with E-state index in [1.165, 1.54) is 32.1 Å². The fourth-order valence-corrected chi connectivity index (χ4v) is 5.89. The van der Waals surface area contributed by atoms with Crippen LogP contribution in [0.3, 0.4) is 0 Å². The molecule has 2 unspecified atom stereocenters. The van der Waals surface area contributed by atoms with E-state index in [9.17, 15) is 10.1 Å². The number of ether oxygens (including phenoxy) is 4. The van der Waals surface area contributed by atoms with Crippen LogP contribution in [0.15, 0.2) is 0 Å². The summed E-state index contributed by atoms with van der Waals surface area (Å²) in [6, 6.07) is 0. The summed E-state index contributed by atoms with van der Waals surface area (Å²) in [5.41, 5.74) is 0. The monoisotopic (exact) mass is 514 g/mol. The second-order valence-corrected chi connectivity index (χ2v) is 10.9. The van der Waals surface area contributed by atoms with Crippen LogP contribution in [0.1, 0.15) is 116 Å². The first-order valence-corrected chi connectivity index (χ1v) is 14.7. The van der Waals surface area contributed by atoms with E-state index >= 15 is 0 Å². The Morgan fingerprint density at radius 2 is 1.33 bits per heavy atom. The lowest BCUT2D eigenvalue weighted by atomic mass is 9.80. The van der Waals surface area contributed by atoms with Crippen LogP contribution in [0.25, 0.3) is 0 Å². The molecule has 36 heavy (non-hydrogen) atoms. The molecule has 0 bridgehead atoms. The van der Waals surface area contributed by atoms with Gasteiger partial charge in [0.25, 0.3) is 0 Å². The predicted molar refractivity (Wildman–Crippen MR) is 141 cm³/mol. The van der Waals surface area contributed by atoms with Crippen LogP contribution in [0.2, 0.25) is 0 Å². The third kappa shape index (κ3) is 12.2. The van der Waals surface area contributed by atoms with Crippen LogP contribution in [0.4, 0.5) is 0 Å². The van der Waals surface area contributed by atoms with Crippen LogP contribution in [-0.4, -0.2) is 63.1 Å². The van der Waals surface area contributed by atoms with Gasteiger partial charge in [0.2, 0.25) is 0 Å². The number of unbranched alkanes of at least 4 members (excludes halogenated alkanes) is 6. The molecule has 2 fully saturated rings. The fraction of sp³-hybridized carbons (Fsp3) is 0.966. The maximum atomic E-state index is 13.1. The Bertz CT molecular complexity index is 542. The zero-order valence-electron chi connectivity index (χ0n) is 23.3. The Kier molecular flexibility index (Phi) is 16.9. The third-order valence-electron chi connectivity index (χ3n) is 8.33. The first kappa shape index (κ1) is 31.5. The molecule has 0 aliphatic heterocycles. The predicted octanol–water partition coefficient (Wildman–Crippen LogP) is 6.71. The molecule has 0 aromatic heterocycles. The molecule has 0 saturated heterocycles. The van der Waals surface area contributed by atoms with Gasteiger partial charge in [-0.2, -0.15) is 0 Å². The lowest BCUT2D eigenvalue weighted by Crippen LogP contribution is -2.35. The average molecular weight is 515 g/mol. The van der Waals surface area contributed by atoms with Crippen LogP contribution in [0, 0.1) is 11.8 Å². The zero-order valence-corrected chi connectivity index (χ0v) is 23.3. The van der Waals surface area contributed by atoms with E-state index in [0.29, 0.717) is 37.6 Å². The van der Waals surface area contributed by atoms with Gasteiger partial charge in [-0.25, -0.2) is 4.89 Å². The van der Waals surface area contributed by atoms with Crippen molar-refractivity contribution in [1.29, 1.82) is 0 Å². The van der Waals surface area contributed by atoms with Crippen molar-refractivity contribution in [3.63, 3.8) is 0 Å². The van der Waals surface area contributed by atoms with Gasteiger partial charge in [0, 0.05) is 14.2 Å². The lowest BCUT2D eigenvalue weighted by Gasteiger charge is -2.31. The second-order valence-electron chi connectivity index (χ2n) is 10.9. The molecule has 2 aliphatic rings. The van der Waals surface area contributed by atoms with E-state index in [2.05, 4.69) is 6.92 Å². The molecule has 0 amide bonds. The molecular formula is C29H54O7. The van der Waals surface area contributed by atoms with Gasteiger partial charge in [0.1, 0.15) is 12.7 Å². The Morgan fingerprint density at radius 3 is 1.92 bits per heavy atom. The Balaban J connectivity index is 1.79. The molecule has 2 atom stereocenters. The third-order valence-corrected chi connectivity index (χ3v) is 8.33. The number of rotatable bonds is 19. The summed E-state index contributed by atoms with van der Waals surface area (Å²) in [5.74, 6) is -0.274. The minimum atomic E-state index is -0.521. The van der Waals surface area contributed by atoms with Crippen molar-refractivity contribution in [3.05, 3.63) is 0 Å². The van der Waals surface area contributed by atoms with Gasteiger partial charge in [-0.05, 0) is 70.1 Å². The molecule has 7 nitrogen and oxygen atoms in total. The standard InChI is InChI=1S/C29H54O7/c1-4-5-6-7-8-9-10-11-27(28(36-31)22-23-12-14-24(32-2)15-13-23)29(30)35-21-20-34-26-18-16-25(33-3)17-19-26/h23-28,31H,4-22H2,1-3H3. The number of hydrogen-bond acceptors (Lipinski definition) is 7. The Labute approximate surface area is 219 Å². The van der Waals surface area contributed by atoms with Crippen molar-refractivity contribution in [3.8, 4) is 0 Å². The average Bonchev–Trinajstić information content (AvgIpc) is 2.92.